The van der Waals surface area contributed by atoms with Crippen molar-refractivity contribution < 1.29 is 4.43 Å². The van der Waals surface area contributed by atoms with Gasteiger partial charge in [-0.05, 0) is 35.7 Å². The lowest BCUT2D eigenvalue weighted by atomic mass is 10.1. The number of hydrogen-bond donors (Lipinski definition) is 0. The Hall–Kier alpha value is -0.803. The first-order chi connectivity index (χ1) is 8.72. The quantitative estimate of drug-likeness (QED) is 0.612. The Bertz CT molecular complexity index is 599. The average Bonchev–Trinajstić information content (AvgIpc) is 2.32. The van der Waals surface area contributed by atoms with Crippen LogP contribution < -0.4 is 4.43 Å². The van der Waals surface area contributed by atoms with E-state index in [4.69, 9.17) is 4.43 Å². The van der Waals surface area contributed by atoms with Gasteiger partial charge >= 0.3 is 0 Å². The van der Waals surface area contributed by atoms with Gasteiger partial charge in [-0.3, -0.25) is 0 Å². The zero-order chi connectivity index (χ0) is 14.3. The van der Waals surface area contributed by atoms with E-state index in [9.17, 15) is 0 Å². The summed E-state index contributed by atoms with van der Waals surface area (Å²) in [5.74, 6) is 1.00. The molecule has 0 saturated carbocycles. The standard InChI is InChI=1S/C16H21BrOSi/c1-16(2,3)19(4,5)18-15-11-10-14(17)12-8-6-7-9-13(12)15/h6-11H,1-5H3. The normalized spacial score (nSPS) is 12.7. The molecule has 2 aromatic rings. The molecule has 0 saturated heterocycles. The minimum Gasteiger partial charge on any atom is -0.543 e. The van der Waals surface area contributed by atoms with E-state index in [1.165, 1.54) is 10.8 Å². The maximum atomic E-state index is 6.45. The van der Waals surface area contributed by atoms with Crippen LogP contribution in [-0.4, -0.2) is 8.32 Å². The van der Waals surface area contributed by atoms with Gasteiger partial charge in [-0.25, -0.2) is 0 Å². The van der Waals surface area contributed by atoms with Crippen molar-refractivity contribution in [3.05, 3.63) is 40.9 Å². The number of halogens is 1. The monoisotopic (exact) mass is 336 g/mol. The Balaban J connectivity index is 2.51. The van der Waals surface area contributed by atoms with Gasteiger partial charge in [0.25, 0.3) is 8.32 Å². The van der Waals surface area contributed by atoms with E-state index < -0.39 is 8.32 Å². The molecule has 0 bridgehead atoms. The third-order valence-electron chi connectivity index (χ3n) is 4.00. The molecule has 0 aromatic heterocycles. The summed E-state index contributed by atoms with van der Waals surface area (Å²) < 4.78 is 7.57. The van der Waals surface area contributed by atoms with Crippen LogP contribution in [0.25, 0.3) is 10.8 Å². The lowest BCUT2D eigenvalue weighted by Gasteiger charge is -2.36. The highest BCUT2D eigenvalue weighted by Crippen LogP contribution is 2.40. The minimum atomic E-state index is -1.80. The van der Waals surface area contributed by atoms with E-state index in [0.717, 1.165) is 10.2 Å². The Kier molecular flexibility index (Phi) is 3.80. The van der Waals surface area contributed by atoms with Crippen molar-refractivity contribution >= 4 is 35.0 Å². The highest BCUT2D eigenvalue weighted by molar-refractivity contribution is 9.10. The van der Waals surface area contributed by atoms with E-state index in [1.807, 2.05) is 0 Å². The summed E-state index contributed by atoms with van der Waals surface area (Å²) in [4.78, 5) is 0. The van der Waals surface area contributed by atoms with Crippen LogP contribution in [0.3, 0.4) is 0 Å². The maximum Gasteiger partial charge on any atom is 0.250 e. The minimum absolute atomic E-state index is 0.210. The average molecular weight is 337 g/mol. The number of fused-ring (bicyclic) bond motifs is 1. The molecule has 0 atom stereocenters. The van der Waals surface area contributed by atoms with Gasteiger partial charge in [0.15, 0.2) is 0 Å². The summed E-state index contributed by atoms with van der Waals surface area (Å²) in [6.07, 6.45) is 0. The Morgan fingerprint density at radius 2 is 1.53 bits per heavy atom. The van der Waals surface area contributed by atoms with Gasteiger partial charge in [-0.1, -0.05) is 61.0 Å². The van der Waals surface area contributed by atoms with Crippen molar-refractivity contribution in [2.45, 2.75) is 38.9 Å². The third kappa shape index (κ3) is 2.87. The van der Waals surface area contributed by atoms with E-state index >= 15 is 0 Å². The van der Waals surface area contributed by atoms with Crippen molar-refractivity contribution in [3.8, 4) is 5.75 Å². The molecular formula is C16H21BrOSi. The molecule has 0 N–H and O–H groups in total. The Labute approximate surface area is 125 Å². The molecule has 2 aromatic carbocycles. The molecule has 3 heteroatoms. The molecule has 0 aliphatic carbocycles. The van der Waals surface area contributed by atoms with Crippen molar-refractivity contribution in [3.63, 3.8) is 0 Å². The van der Waals surface area contributed by atoms with Crippen LogP contribution >= 0.6 is 15.9 Å². The largest absolute Gasteiger partial charge is 0.543 e. The smallest absolute Gasteiger partial charge is 0.250 e. The molecule has 19 heavy (non-hydrogen) atoms. The van der Waals surface area contributed by atoms with Crippen LogP contribution in [0.5, 0.6) is 5.75 Å². The number of benzene rings is 2. The second-order valence-electron chi connectivity index (χ2n) is 6.45. The van der Waals surface area contributed by atoms with Gasteiger partial charge in [0.1, 0.15) is 5.75 Å². The first-order valence-corrected chi connectivity index (χ1v) is 10.3. The molecule has 0 amide bonds. The fourth-order valence-electron chi connectivity index (χ4n) is 1.75. The summed E-state index contributed by atoms with van der Waals surface area (Å²) in [5.41, 5.74) is 0. The van der Waals surface area contributed by atoms with Crippen molar-refractivity contribution in [1.29, 1.82) is 0 Å². The topological polar surface area (TPSA) is 9.23 Å². The molecule has 0 unspecified atom stereocenters. The predicted octanol–water partition coefficient (Wildman–Crippen LogP) is 5.99. The second-order valence-corrected chi connectivity index (χ2v) is 12.0. The highest BCUT2D eigenvalue weighted by Gasteiger charge is 2.39. The summed E-state index contributed by atoms with van der Waals surface area (Å²) in [6.45, 7) is 11.4. The zero-order valence-corrected chi connectivity index (χ0v) is 14.8. The maximum absolute atomic E-state index is 6.45. The number of rotatable bonds is 2. The first-order valence-electron chi connectivity index (χ1n) is 6.59. The van der Waals surface area contributed by atoms with Crippen LogP contribution in [0.4, 0.5) is 0 Å². The number of hydrogen-bond acceptors (Lipinski definition) is 1. The summed E-state index contributed by atoms with van der Waals surface area (Å²) in [7, 11) is -1.80. The Morgan fingerprint density at radius 1 is 0.947 bits per heavy atom. The van der Waals surface area contributed by atoms with Gasteiger partial charge in [-0.2, -0.15) is 0 Å². The predicted molar refractivity (Wildman–Crippen MR) is 89.5 cm³/mol. The SMILES string of the molecule is CC(C)(C)[Si](C)(C)Oc1ccc(Br)c2ccccc12. The summed E-state index contributed by atoms with van der Waals surface area (Å²) >= 11 is 3.61. The first kappa shape index (κ1) is 14.6. The Morgan fingerprint density at radius 3 is 2.11 bits per heavy atom. The lowest BCUT2D eigenvalue weighted by molar-refractivity contribution is 0.496. The molecule has 0 heterocycles. The second kappa shape index (κ2) is 4.95. The van der Waals surface area contributed by atoms with Crippen LogP contribution in [-0.2, 0) is 0 Å². The van der Waals surface area contributed by atoms with Crippen LogP contribution in [0.15, 0.2) is 40.9 Å². The molecule has 0 aliphatic rings. The highest BCUT2D eigenvalue weighted by atomic mass is 79.9. The third-order valence-corrected chi connectivity index (χ3v) is 9.04. The van der Waals surface area contributed by atoms with E-state index in [2.05, 4.69) is 86.2 Å². The fourth-order valence-corrected chi connectivity index (χ4v) is 3.26. The van der Waals surface area contributed by atoms with Gasteiger partial charge in [0, 0.05) is 9.86 Å². The van der Waals surface area contributed by atoms with Crippen LogP contribution in [0, 0.1) is 0 Å². The molecule has 0 radical (unpaired) electrons. The molecular weight excluding hydrogens is 316 g/mol. The molecule has 0 spiro atoms. The zero-order valence-electron chi connectivity index (χ0n) is 12.3. The van der Waals surface area contributed by atoms with Crippen molar-refractivity contribution in [1.82, 2.24) is 0 Å². The molecule has 0 aliphatic heterocycles. The van der Waals surface area contributed by atoms with Gasteiger partial charge in [0.05, 0.1) is 0 Å². The molecule has 1 nitrogen and oxygen atoms in total. The van der Waals surface area contributed by atoms with Crippen LogP contribution in [0.2, 0.25) is 18.1 Å². The molecule has 102 valence electrons. The van der Waals surface area contributed by atoms with Crippen molar-refractivity contribution in [2.75, 3.05) is 0 Å². The molecule has 2 rings (SSSR count). The lowest BCUT2D eigenvalue weighted by Crippen LogP contribution is -2.43. The van der Waals surface area contributed by atoms with E-state index in [0.29, 0.717) is 0 Å². The summed E-state index contributed by atoms with van der Waals surface area (Å²) in [6, 6.07) is 12.5. The fraction of sp³-hybridized carbons (Fsp3) is 0.375. The van der Waals surface area contributed by atoms with Gasteiger partial charge < -0.3 is 4.43 Å². The van der Waals surface area contributed by atoms with Crippen molar-refractivity contribution in [2.24, 2.45) is 0 Å². The summed E-state index contributed by atoms with van der Waals surface area (Å²) in [5, 5.41) is 2.60. The van der Waals surface area contributed by atoms with E-state index in [-0.39, 0.29) is 5.04 Å². The van der Waals surface area contributed by atoms with E-state index in [1.54, 1.807) is 0 Å². The van der Waals surface area contributed by atoms with Gasteiger partial charge in [0.2, 0.25) is 0 Å². The van der Waals surface area contributed by atoms with Gasteiger partial charge in [-0.15, -0.1) is 0 Å². The molecule has 0 fully saturated rings. The van der Waals surface area contributed by atoms with Crippen LogP contribution in [0.1, 0.15) is 20.8 Å².